The number of pyridine rings is 1. The maximum Gasteiger partial charge on any atom is 0.151 e. The number of rotatable bonds is 1. The summed E-state index contributed by atoms with van der Waals surface area (Å²) in [7, 11) is 0. The average Bonchev–Trinajstić information content (AvgIpc) is 2.01. The van der Waals surface area contributed by atoms with Crippen LogP contribution in [-0.2, 0) is 0 Å². The van der Waals surface area contributed by atoms with Crippen LogP contribution < -0.4 is 0 Å². The van der Waals surface area contributed by atoms with Gasteiger partial charge in [-0.3, -0.25) is 4.98 Å². The van der Waals surface area contributed by atoms with Crippen LogP contribution in [0.2, 0.25) is 0 Å². The second-order valence-electron chi connectivity index (χ2n) is 3.84. The van der Waals surface area contributed by atoms with E-state index in [-0.39, 0.29) is 10.4 Å². The second-order valence-corrected chi connectivity index (χ2v) is 6.09. The van der Waals surface area contributed by atoms with Crippen LogP contribution in [0.5, 0.6) is 0 Å². The van der Waals surface area contributed by atoms with Crippen molar-refractivity contribution in [2.75, 3.05) is 0 Å². The SMILES string of the molecule is CC(C)(C)S.N=Cc1ncc(Br)cc1F. The van der Waals surface area contributed by atoms with Crippen LogP contribution in [0.1, 0.15) is 26.5 Å². The molecule has 5 heteroatoms. The van der Waals surface area contributed by atoms with Gasteiger partial charge in [-0.05, 0) is 22.0 Å². The van der Waals surface area contributed by atoms with Crippen molar-refractivity contribution in [3.05, 3.63) is 28.2 Å². The van der Waals surface area contributed by atoms with Crippen LogP contribution in [0.4, 0.5) is 4.39 Å². The summed E-state index contributed by atoms with van der Waals surface area (Å²) in [5.41, 5.74) is 0.0585. The number of halogens is 2. The first-order valence-corrected chi connectivity index (χ1v) is 5.52. The van der Waals surface area contributed by atoms with Crippen molar-refractivity contribution in [3.8, 4) is 0 Å². The third-order valence-corrected chi connectivity index (χ3v) is 1.41. The fourth-order valence-corrected chi connectivity index (χ4v) is 0.835. The highest BCUT2D eigenvalue weighted by Crippen LogP contribution is 2.10. The second kappa shape index (κ2) is 6.23. The Morgan fingerprint density at radius 1 is 1.53 bits per heavy atom. The number of thiol groups is 1. The highest BCUT2D eigenvalue weighted by molar-refractivity contribution is 9.10. The van der Waals surface area contributed by atoms with E-state index in [0.717, 1.165) is 6.21 Å². The van der Waals surface area contributed by atoms with E-state index in [1.54, 1.807) is 0 Å². The molecule has 0 aromatic carbocycles. The molecule has 0 saturated heterocycles. The van der Waals surface area contributed by atoms with Gasteiger partial charge in [-0.25, -0.2) is 4.39 Å². The number of nitrogens with one attached hydrogen (secondary N) is 1. The standard InChI is InChI=1S/C6H4BrFN2.C4H10S/c7-4-1-5(8)6(2-9)10-3-4;1-4(2,3)5/h1-3,9H;5H,1-3H3. The maximum absolute atomic E-state index is 12.6. The van der Waals surface area contributed by atoms with Crippen LogP contribution in [0.15, 0.2) is 16.7 Å². The summed E-state index contributed by atoms with van der Waals surface area (Å²) < 4.78 is 13.4. The number of hydrogen-bond acceptors (Lipinski definition) is 3. The van der Waals surface area contributed by atoms with Gasteiger partial charge < -0.3 is 5.41 Å². The van der Waals surface area contributed by atoms with Crippen LogP contribution in [0.3, 0.4) is 0 Å². The molecule has 0 aliphatic heterocycles. The molecule has 0 amide bonds. The first kappa shape index (κ1) is 14.6. The molecule has 1 aromatic heterocycles. The van der Waals surface area contributed by atoms with Crippen molar-refractivity contribution in [1.82, 2.24) is 4.98 Å². The molecule has 0 aliphatic carbocycles. The first-order valence-electron chi connectivity index (χ1n) is 4.28. The van der Waals surface area contributed by atoms with E-state index < -0.39 is 5.82 Å². The molecular weight excluding hydrogens is 279 g/mol. The molecule has 0 spiro atoms. The zero-order chi connectivity index (χ0) is 12.1. The van der Waals surface area contributed by atoms with Crippen molar-refractivity contribution in [1.29, 1.82) is 5.41 Å². The van der Waals surface area contributed by atoms with E-state index in [1.165, 1.54) is 12.3 Å². The number of hydrogen-bond donors (Lipinski definition) is 2. The van der Waals surface area contributed by atoms with Crippen molar-refractivity contribution in [2.24, 2.45) is 0 Å². The average molecular weight is 293 g/mol. The van der Waals surface area contributed by atoms with Crippen molar-refractivity contribution >= 4 is 34.8 Å². The summed E-state index contributed by atoms with van der Waals surface area (Å²) in [4.78, 5) is 3.63. The van der Waals surface area contributed by atoms with Gasteiger partial charge in [0.1, 0.15) is 5.69 Å². The van der Waals surface area contributed by atoms with Crippen LogP contribution >= 0.6 is 28.6 Å². The smallest absolute Gasteiger partial charge is 0.151 e. The molecule has 1 aromatic rings. The largest absolute Gasteiger partial charge is 0.306 e. The molecule has 0 atom stereocenters. The molecule has 1 N–H and O–H groups in total. The minimum absolute atomic E-state index is 0.0585. The van der Waals surface area contributed by atoms with E-state index in [0.29, 0.717) is 4.47 Å². The van der Waals surface area contributed by atoms with E-state index >= 15 is 0 Å². The van der Waals surface area contributed by atoms with Crippen LogP contribution in [0, 0.1) is 11.2 Å². The monoisotopic (exact) mass is 292 g/mol. The highest BCUT2D eigenvalue weighted by atomic mass is 79.9. The Morgan fingerprint density at radius 3 is 2.33 bits per heavy atom. The van der Waals surface area contributed by atoms with Gasteiger partial charge in [0, 0.05) is 21.6 Å². The predicted octanol–water partition coefficient (Wildman–Crippen LogP) is 3.70. The van der Waals surface area contributed by atoms with Gasteiger partial charge in [0.25, 0.3) is 0 Å². The van der Waals surface area contributed by atoms with Gasteiger partial charge in [0.15, 0.2) is 5.82 Å². The molecule has 2 nitrogen and oxygen atoms in total. The van der Waals surface area contributed by atoms with Crippen molar-refractivity contribution < 1.29 is 4.39 Å². The summed E-state index contributed by atoms with van der Waals surface area (Å²) in [6, 6.07) is 1.27. The molecule has 0 aliphatic rings. The van der Waals surface area contributed by atoms with Gasteiger partial charge in [-0.2, -0.15) is 12.6 Å². The molecule has 1 rings (SSSR count). The lowest BCUT2D eigenvalue weighted by Crippen LogP contribution is -1.99. The first-order chi connectivity index (χ1) is 6.74. The fourth-order valence-electron chi connectivity index (χ4n) is 0.531. The topological polar surface area (TPSA) is 36.7 Å². The van der Waals surface area contributed by atoms with Gasteiger partial charge >= 0.3 is 0 Å². The zero-order valence-electron chi connectivity index (χ0n) is 8.88. The molecule has 0 saturated carbocycles. The molecule has 0 bridgehead atoms. The van der Waals surface area contributed by atoms with E-state index in [9.17, 15) is 4.39 Å². The van der Waals surface area contributed by atoms with Gasteiger partial charge in [-0.15, -0.1) is 0 Å². The normalized spacial score (nSPS) is 10.3. The summed E-state index contributed by atoms with van der Waals surface area (Å²) in [6.07, 6.45) is 2.32. The van der Waals surface area contributed by atoms with E-state index in [2.05, 4.69) is 54.3 Å². The summed E-state index contributed by atoms with van der Waals surface area (Å²) >= 11 is 7.17. The number of aromatic nitrogens is 1. The molecule has 1 heterocycles. The predicted molar refractivity (Wildman–Crippen MR) is 68.5 cm³/mol. The Labute approximate surface area is 103 Å². The Kier molecular flexibility index (Phi) is 6.05. The van der Waals surface area contributed by atoms with Crippen molar-refractivity contribution in [2.45, 2.75) is 25.5 Å². The van der Waals surface area contributed by atoms with E-state index in [4.69, 9.17) is 5.41 Å². The lowest BCUT2D eigenvalue weighted by Gasteiger charge is -2.04. The van der Waals surface area contributed by atoms with Crippen LogP contribution in [-0.4, -0.2) is 15.9 Å². The molecule has 84 valence electrons. The van der Waals surface area contributed by atoms with Crippen molar-refractivity contribution in [3.63, 3.8) is 0 Å². The third kappa shape index (κ3) is 8.57. The van der Waals surface area contributed by atoms with Gasteiger partial charge in [0.2, 0.25) is 0 Å². The summed E-state index contributed by atoms with van der Waals surface area (Å²) in [5, 5.41) is 6.71. The lowest BCUT2D eigenvalue weighted by atomic mass is 10.3. The quantitative estimate of drug-likeness (QED) is 0.601. The Morgan fingerprint density at radius 2 is 2.00 bits per heavy atom. The summed E-state index contributed by atoms with van der Waals surface area (Å²) in [5.74, 6) is -0.482. The van der Waals surface area contributed by atoms with Gasteiger partial charge in [-0.1, -0.05) is 20.8 Å². The summed E-state index contributed by atoms with van der Waals surface area (Å²) in [6.45, 7) is 6.16. The Hall–Kier alpha value is -0.420. The van der Waals surface area contributed by atoms with Crippen LogP contribution in [0.25, 0.3) is 0 Å². The fraction of sp³-hybridized carbons (Fsp3) is 0.400. The highest BCUT2D eigenvalue weighted by Gasteiger charge is 1.99. The Bertz CT molecular complexity index is 331. The molecule has 0 fully saturated rings. The molecule has 0 unspecified atom stereocenters. The van der Waals surface area contributed by atoms with Gasteiger partial charge in [0.05, 0.1) is 0 Å². The molecular formula is C10H14BrFN2S. The minimum atomic E-state index is -0.482. The maximum atomic E-state index is 12.6. The van der Waals surface area contributed by atoms with E-state index in [1.807, 2.05) is 0 Å². The third-order valence-electron chi connectivity index (χ3n) is 0.973. The zero-order valence-corrected chi connectivity index (χ0v) is 11.4. The number of nitrogens with zero attached hydrogens (tertiary/aromatic N) is 1. The molecule has 15 heavy (non-hydrogen) atoms. The molecule has 0 radical (unpaired) electrons. The Balaban J connectivity index is 0.000000336. The lowest BCUT2D eigenvalue weighted by molar-refractivity contribution is 0.618. The minimum Gasteiger partial charge on any atom is -0.306 e.